The van der Waals surface area contributed by atoms with E-state index in [0.29, 0.717) is 11.1 Å². The lowest BCUT2D eigenvalue weighted by molar-refractivity contribution is -0.332. The summed E-state index contributed by atoms with van der Waals surface area (Å²) in [5.41, 5.74) is -5.50. The van der Waals surface area contributed by atoms with Gasteiger partial charge in [0.25, 0.3) is 0 Å². The Hall–Kier alpha value is -3.34. The van der Waals surface area contributed by atoms with Gasteiger partial charge in [0.2, 0.25) is 5.60 Å². The molecule has 0 aromatic heterocycles. The number of hydrogen-bond acceptors (Lipinski definition) is 9. The van der Waals surface area contributed by atoms with Gasteiger partial charge in [-0.25, -0.2) is 0 Å². The predicted molar refractivity (Wildman–Crippen MR) is 117 cm³/mol. The first-order valence-corrected chi connectivity index (χ1v) is 9.99. The number of phenolic OH excluding ortho intramolecular Hbond substituents is 2. The fourth-order valence-corrected chi connectivity index (χ4v) is 3.54. The lowest BCUT2D eigenvalue weighted by Crippen LogP contribution is -2.78. The van der Waals surface area contributed by atoms with Crippen LogP contribution in [0.2, 0.25) is 0 Å². The molecule has 6 N–H and O–H groups in total. The van der Waals surface area contributed by atoms with Crippen LogP contribution in [0.15, 0.2) is 60.7 Å². The van der Waals surface area contributed by atoms with Crippen LogP contribution in [-0.2, 0) is 14.3 Å². The number of carbonyl (C=O) groups excluding carboxylic acids is 2. The van der Waals surface area contributed by atoms with Gasteiger partial charge in [0.05, 0.1) is 6.10 Å². The summed E-state index contributed by atoms with van der Waals surface area (Å²) in [6, 6.07) is 11.3. The van der Waals surface area contributed by atoms with E-state index in [-0.39, 0.29) is 11.5 Å². The molecule has 9 nitrogen and oxygen atoms in total. The summed E-state index contributed by atoms with van der Waals surface area (Å²) in [5.74, 6) is -2.55. The van der Waals surface area contributed by atoms with Crippen molar-refractivity contribution >= 4 is 23.7 Å². The third kappa shape index (κ3) is 4.45. The van der Waals surface area contributed by atoms with Crippen LogP contribution in [0.25, 0.3) is 12.2 Å². The zero-order valence-electron chi connectivity index (χ0n) is 17.6. The number of aromatic hydroxyl groups is 2. The Balaban J connectivity index is 1.98. The molecular weight excluding hydrogens is 432 g/mol. The fraction of sp³-hybridized carbons (Fsp3) is 0.250. The van der Waals surface area contributed by atoms with Crippen LogP contribution in [-0.4, -0.2) is 71.9 Å². The van der Waals surface area contributed by atoms with Crippen LogP contribution in [0.1, 0.15) is 18.1 Å². The van der Waals surface area contributed by atoms with Crippen LogP contribution >= 0.6 is 0 Å². The summed E-state index contributed by atoms with van der Waals surface area (Å²) in [7, 11) is 0. The van der Waals surface area contributed by atoms with Gasteiger partial charge in [-0.3, -0.25) is 9.59 Å². The molecule has 1 unspecified atom stereocenters. The van der Waals surface area contributed by atoms with E-state index in [4.69, 9.17) is 4.74 Å². The quantitative estimate of drug-likeness (QED) is 0.340. The standard InChI is InChI=1S/C24H24O9/c1-14-21(29)23(31,19(27)12-6-15-2-8-17(25)9-3-15)24(32,22(30)33-14)20(28)13-7-16-4-10-18(26)11-5-16/h2-14,21-22,25-26,29-32H,1H3/b12-6-,13-7?/t14-,21-,22?,23+,24-/m1/s1. The lowest BCUT2D eigenvalue weighted by atomic mass is 9.69. The number of rotatable bonds is 6. The number of ketones is 2. The van der Waals surface area contributed by atoms with Crippen molar-refractivity contribution in [2.75, 3.05) is 0 Å². The molecule has 1 fully saturated rings. The molecule has 33 heavy (non-hydrogen) atoms. The van der Waals surface area contributed by atoms with Crippen LogP contribution in [0, 0.1) is 0 Å². The van der Waals surface area contributed by atoms with Gasteiger partial charge in [-0.1, -0.05) is 36.4 Å². The minimum Gasteiger partial charge on any atom is -0.508 e. The van der Waals surface area contributed by atoms with Crippen LogP contribution in [0.4, 0.5) is 0 Å². The van der Waals surface area contributed by atoms with E-state index in [1.54, 1.807) is 0 Å². The normalized spacial score (nSPS) is 30.0. The molecule has 2 aromatic carbocycles. The fourth-order valence-electron chi connectivity index (χ4n) is 3.54. The third-order valence-corrected chi connectivity index (χ3v) is 5.55. The van der Waals surface area contributed by atoms with E-state index in [1.165, 1.54) is 67.6 Å². The first-order chi connectivity index (χ1) is 15.5. The molecule has 174 valence electrons. The molecule has 0 aliphatic carbocycles. The summed E-state index contributed by atoms with van der Waals surface area (Å²) < 4.78 is 5.03. The van der Waals surface area contributed by atoms with E-state index >= 15 is 0 Å². The number of carbonyl (C=O) groups is 2. The first-order valence-electron chi connectivity index (χ1n) is 9.99. The molecule has 5 atom stereocenters. The van der Waals surface area contributed by atoms with Gasteiger partial charge in [0.15, 0.2) is 23.5 Å². The molecule has 0 amide bonds. The van der Waals surface area contributed by atoms with E-state index in [1.807, 2.05) is 0 Å². The molecule has 2 aromatic rings. The van der Waals surface area contributed by atoms with Gasteiger partial charge in [-0.2, -0.15) is 0 Å². The van der Waals surface area contributed by atoms with Gasteiger partial charge < -0.3 is 35.4 Å². The largest absolute Gasteiger partial charge is 0.508 e. The Labute approximate surface area is 189 Å². The molecule has 1 saturated heterocycles. The van der Waals surface area contributed by atoms with Gasteiger partial charge >= 0.3 is 0 Å². The minimum absolute atomic E-state index is 0.00529. The number of hydrogen-bond donors (Lipinski definition) is 6. The second-order valence-corrected chi connectivity index (χ2v) is 7.75. The van der Waals surface area contributed by atoms with Crippen LogP contribution in [0.5, 0.6) is 11.5 Å². The Morgan fingerprint density at radius 1 is 0.788 bits per heavy atom. The van der Waals surface area contributed by atoms with E-state index in [0.717, 1.165) is 12.2 Å². The summed E-state index contributed by atoms with van der Waals surface area (Å²) in [4.78, 5) is 26.0. The second-order valence-electron chi connectivity index (χ2n) is 7.75. The maximum Gasteiger partial charge on any atom is 0.217 e. The van der Waals surface area contributed by atoms with E-state index in [9.17, 15) is 40.2 Å². The molecule has 1 heterocycles. The maximum atomic E-state index is 13.0. The highest BCUT2D eigenvalue weighted by Gasteiger charge is 2.70. The van der Waals surface area contributed by atoms with Gasteiger partial charge in [-0.05, 0) is 54.5 Å². The average Bonchev–Trinajstić information content (AvgIpc) is 2.80. The smallest absolute Gasteiger partial charge is 0.217 e. The Morgan fingerprint density at radius 3 is 1.61 bits per heavy atom. The van der Waals surface area contributed by atoms with Crippen LogP contribution < -0.4 is 0 Å². The number of aliphatic hydroxyl groups is 4. The van der Waals surface area contributed by atoms with Crippen LogP contribution in [0.3, 0.4) is 0 Å². The number of ether oxygens (including phenoxy) is 1. The summed E-state index contributed by atoms with van der Waals surface area (Å²) in [5, 5.41) is 62.0. The topological polar surface area (TPSA) is 165 Å². The molecule has 0 saturated carbocycles. The molecule has 0 bridgehead atoms. The van der Waals surface area contributed by atoms with Crippen molar-refractivity contribution in [1.82, 2.24) is 0 Å². The summed E-state index contributed by atoms with van der Waals surface area (Å²) in [6.07, 6.45) is -1.54. The Morgan fingerprint density at radius 2 is 1.18 bits per heavy atom. The molecule has 0 radical (unpaired) electrons. The van der Waals surface area contributed by atoms with Crippen molar-refractivity contribution < 1.29 is 45.0 Å². The monoisotopic (exact) mass is 456 g/mol. The zero-order chi connectivity index (χ0) is 24.4. The SMILES string of the molecule is C[C@H]1OC(O)[C@](O)(C(=O)C=Cc2ccc(O)cc2)[C@](O)(C(=O)/C=C\c2ccc(O)cc2)[C@@H]1O. The van der Waals surface area contributed by atoms with E-state index < -0.39 is 41.3 Å². The van der Waals surface area contributed by atoms with Gasteiger partial charge in [0.1, 0.15) is 17.6 Å². The molecule has 3 rings (SSSR count). The summed E-state index contributed by atoms with van der Waals surface area (Å²) in [6.45, 7) is 1.26. The van der Waals surface area contributed by atoms with Crippen molar-refractivity contribution in [3.8, 4) is 11.5 Å². The Kier molecular flexibility index (Phi) is 6.82. The maximum absolute atomic E-state index is 13.0. The van der Waals surface area contributed by atoms with Crippen molar-refractivity contribution in [2.24, 2.45) is 0 Å². The lowest BCUT2D eigenvalue weighted by Gasteiger charge is -2.50. The molecule has 0 spiro atoms. The number of aliphatic hydroxyl groups excluding tert-OH is 2. The highest BCUT2D eigenvalue weighted by molar-refractivity contribution is 6.10. The van der Waals surface area contributed by atoms with Gasteiger partial charge in [-0.15, -0.1) is 0 Å². The molecule has 1 aliphatic rings. The zero-order valence-corrected chi connectivity index (χ0v) is 17.6. The highest BCUT2D eigenvalue weighted by atomic mass is 16.6. The number of phenols is 2. The van der Waals surface area contributed by atoms with Crippen molar-refractivity contribution in [3.05, 3.63) is 71.8 Å². The van der Waals surface area contributed by atoms with Gasteiger partial charge in [0, 0.05) is 0 Å². The predicted octanol–water partition coefficient (Wildman–Crippen LogP) is 0.523. The van der Waals surface area contributed by atoms with Crippen molar-refractivity contribution in [3.63, 3.8) is 0 Å². The third-order valence-electron chi connectivity index (χ3n) is 5.55. The average molecular weight is 456 g/mol. The Bertz CT molecular complexity index is 1070. The molecular formula is C24H24O9. The molecule has 1 aliphatic heterocycles. The van der Waals surface area contributed by atoms with E-state index in [2.05, 4.69) is 0 Å². The first kappa shape index (κ1) is 24.3. The molecule has 9 heteroatoms. The highest BCUT2D eigenvalue weighted by Crippen LogP contribution is 2.40. The minimum atomic E-state index is -3.23. The second kappa shape index (κ2) is 9.26. The van der Waals surface area contributed by atoms with Crippen molar-refractivity contribution in [1.29, 1.82) is 0 Å². The van der Waals surface area contributed by atoms with Crippen molar-refractivity contribution in [2.45, 2.75) is 36.6 Å². The summed E-state index contributed by atoms with van der Waals surface area (Å²) >= 11 is 0. The number of benzene rings is 2.